The maximum Gasteiger partial charge on any atom is 0.0439 e. The van der Waals surface area contributed by atoms with Crippen LogP contribution in [0.1, 0.15) is 41.0 Å². The molecule has 0 radical (unpaired) electrons. The molecule has 1 unspecified atom stereocenters. The number of allylic oxidation sites excluding steroid dienone is 4. The Balaban J connectivity index is 5.68. The van der Waals surface area contributed by atoms with Gasteiger partial charge in [0, 0.05) is 11.1 Å². The predicted molar refractivity (Wildman–Crippen MR) is 77.7 cm³/mol. The van der Waals surface area contributed by atoms with Crippen molar-refractivity contribution in [1.29, 1.82) is 0 Å². The van der Waals surface area contributed by atoms with Crippen molar-refractivity contribution < 1.29 is 0 Å². The molecule has 3 heteroatoms. The van der Waals surface area contributed by atoms with E-state index < -0.39 is 0 Å². The van der Waals surface area contributed by atoms with Gasteiger partial charge >= 0.3 is 0 Å². The minimum absolute atomic E-state index is 0.000185. The third kappa shape index (κ3) is 4.21. The Morgan fingerprint density at radius 2 is 1.88 bits per heavy atom. The summed E-state index contributed by atoms with van der Waals surface area (Å²) < 4.78 is 0. The Morgan fingerprint density at radius 3 is 2.18 bits per heavy atom. The minimum atomic E-state index is 0.000185. The fourth-order valence-corrected chi connectivity index (χ4v) is 2.05. The van der Waals surface area contributed by atoms with Crippen LogP contribution < -0.4 is 11.5 Å². The number of nitrogens with two attached hydrogens (primary N) is 2. The lowest BCUT2D eigenvalue weighted by Gasteiger charge is -2.22. The van der Waals surface area contributed by atoms with Gasteiger partial charge in [-0.25, -0.2) is 0 Å². The second-order valence-corrected chi connectivity index (χ2v) is 4.92. The van der Waals surface area contributed by atoms with Gasteiger partial charge in [-0.15, -0.1) is 0 Å². The van der Waals surface area contributed by atoms with Gasteiger partial charge in [-0.2, -0.15) is 0 Å². The summed E-state index contributed by atoms with van der Waals surface area (Å²) in [4.78, 5) is 0. The van der Waals surface area contributed by atoms with Gasteiger partial charge in [0.15, 0.2) is 0 Å². The molecule has 0 aromatic carbocycles. The van der Waals surface area contributed by atoms with Crippen LogP contribution in [0.5, 0.6) is 0 Å². The molecule has 0 aliphatic heterocycles. The lowest BCUT2D eigenvalue weighted by atomic mass is 9.89. The van der Waals surface area contributed by atoms with Crippen LogP contribution in [0.3, 0.4) is 0 Å². The lowest BCUT2D eigenvalue weighted by molar-refractivity contribution is 0.546. The quantitative estimate of drug-likeness (QED) is 0.738. The molecule has 0 aromatic heterocycles. The Labute approximate surface area is 110 Å². The van der Waals surface area contributed by atoms with Crippen LogP contribution in [0.2, 0.25) is 0 Å². The van der Waals surface area contributed by atoms with Gasteiger partial charge < -0.3 is 11.5 Å². The van der Waals surface area contributed by atoms with Gasteiger partial charge in [-0.05, 0) is 49.1 Å². The van der Waals surface area contributed by atoms with E-state index in [0.29, 0.717) is 5.92 Å². The molecule has 0 aliphatic rings. The normalized spacial score (nSPS) is 17.2. The van der Waals surface area contributed by atoms with Gasteiger partial charge in [0.1, 0.15) is 0 Å². The van der Waals surface area contributed by atoms with Crippen molar-refractivity contribution in [2.24, 2.45) is 17.4 Å². The van der Waals surface area contributed by atoms with Gasteiger partial charge in [-0.1, -0.05) is 38.4 Å². The summed E-state index contributed by atoms with van der Waals surface area (Å²) in [6.07, 6.45) is 4.35. The molecule has 2 nitrogen and oxygen atoms in total. The van der Waals surface area contributed by atoms with Crippen molar-refractivity contribution in [3.8, 4) is 0 Å². The van der Waals surface area contributed by atoms with Crippen LogP contribution in [0.25, 0.3) is 0 Å². The SMILES string of the molecule is CC=C(Cl)C(/C(=C\N)CC)=C(/C)C(N)C(C)C. The first kappa shape index (κ1) is 16.3. The highest BCUT2D eigenvalue weighted by atomic mass is 35.5. The van der Waals surface area contributed by atoms with E-state index in [-0.39, 0.29) is 6.04 Å². The molecule has 0 heterocycles. The lowest BCUT2D eigenvalue weighted by Crippen LogP contribution is -2.29. The third-order valence-electron chi connectivity index (χ3n) is 3.01. The third-order valence-corrected chi connectivity index (χ3v) is 3.42. The highest BCUT2D eigenvalue weighted by Gasteiger charge is 2.17. The average molecular weight is 257 g/mol. The van der Waals surface area contributed by atoms with Crippen molar-refractivity contribution in [2.45, 2.75) is 47.1 Å². The number of hydrogen-bond donors (Lipinski definition) is 2. The van der Waals surface area contributed by atoms with Gasteiger partial charge in [0.25, 0.3) is 0 Å². The van der Waals surface area contributed by atoms with Crippen molar-refractivity contribution in [2.75, 3.05) is 0 Å². The van der Waals surface area contributed by atoms with Gasteiger partial charge in [-0.3, -0.25) is 0 Å². The summed E-state index contributed by atoms with van der Waals surface area (Å²) in [6, 6.07) is 0.000185. The molecular formula is C14H25ClN2. The van der Waals surface area contributed by atoms with Gasteiger partial charge in [0.05, 0.1) is 0 Å². The van der Waals surface area contributed by atoms with Crippen LogP contribution in [-0.2, 0) is 0 Å². The Bertz CT molecular complexity index is 338. The molecule has 0 aliphatic carbocycles. The molecule has 1 atom stereocenters. The largest absolute Gasteiger partial charge is 0.404 e. The summed E-state index contributed by atoms with van der Waals surface area (Å²) in [5, 5.41) is 0.720. The smallest absolute Gasteiger partial charge is 0.0439 e. The van der Waals surface area contributed by atoms with Crippen molar-refractivity contribution in [1.82, 2.24) is 0 Å². The van der Waals surface area contributed by atoms with Crippen LogP contribution in [-0.4, -0.2) is 6.04 Å². The minimum Gasteiger partial charge on any atom is -0.404 e. The molecule has 0 aromatic rings. The zero-order valence-electron chi connectivity index (χ0n) is 11.5. The van der Waals surface area contributed by atoms with E-state index in [9.17, 15) is 0 Å². The topological polar surface area (TPSA) is 52.0 Å². The fraction of sp³-hybridized carbons (Fsp3) is 0.571. The first-order valence-corrected chi connectivity index (χ1v) is 6.48. The molecule has 0 saturated carbocycles. The van der Waals surface area contributed by atoms with Crippen LogP contribution >= 0.6 is 11.6 Å². The fourth-order valence-electron chi connectivity index (χ4n) is 1.78. The zero-order valence-corrected chi connectivity index (χ0v) is 12.3. The van der Waals surface area contributed by atoms with Crippen molar-refractivity contribution >= 4 is 11.6 Å². The molecule has 4 N–H and O–H groups in total. The highest BCUT2D eigenvalue weighted by Crippen LogP contribution is 2.30. The maximum atomic E-state index is 6.28. The van der Waals surface area contributed by atoms with E-state index in [0.717, 1.165) is 28.2 Å². The summed E-state index contributed by atoms with van der Waals surface area (Å²) in [5.74, 6) is 0.377. The molecule has 0 rings (SSSR count). The van der Waals surface area contributed by atoms with E-state index >= 15 is 0 Å². The maximum absolute atomic E-state index is 6.28. The number of rotatable bonds is 5. The molecule has 0 amide bonds. The van der Waals surface area contributed by atoms with E-state index in [4.69, 9.17) is 23.1 Å². The molecule has 98 valence electrons. The van der Waals surface area contributed by atoms with E-state index in [1.807, 2.05) is 19.9 Å². The molecule has 0 fully saturated rings. The summed E-state index contributed by atoms with van der Waals surface area (Å²) in [7, 11) is 0. The average Bonchev–Trinajstić information content (AvgIpc) is 2.32. The molecule has 0 spiro atoms. The second-order valence-electron chi connectivity index (χ2n) is 4.51. The Hall–Kier alpha value is -0.730. The van der Waals surface area contributed by atoms with Crippen LogP contribution in [0.15, 0.2) is 34.0 Å². The van der Waals surface area contributed by atoms with E-state index in [1.165, 1.54) is 0 Å². The molecule has 0 bridgehead atoms. The molecule has 0 saturated heterocycles. The zero-order chi connectivity index (χ0) is 13.6. The summed E-state index contributed by atoms with van der Waals surface area (Å²) >= 11 is 6.28. The molecular weight excluding hydrogens is 232 g/mol. The number of halogens is 1. The van der Waals surface area contributed by atoms with E-state index in [2.05, 4.69) is 20.8 Å². The Morgan fingerprint density at radius 1 is 1.35 bits per heavy atom. The van der Waals surface area contributed by atoms with E-state index in [1.54, 1.807) is 6.20 Å². The first-order chi connectivity index (χ1) is 7.90. The predicted octanol–water partition coefficient (Wildman–Crippen LogP) is 3.68. The number of hydrogen-bond acceptors (Lipinski definition) is 2. The second kappa shape index (κ2) is 7.57. The van der Waals surface area contributed by atoms with Gasteiger partial charge in [0.2, 0.25) is 0 Å². The van der Waals surface area contributed by atoms with Crippen molar-refractivity contribution in [3.63, 3.8) is 0 Å². The summed E-state index contributed by atoms with van der Waals surface area (Å²) in [5.41, 5.74) is 15.0. The van der Waals surface area contributed by atoms with Crippen molar-refractivity contribution in [3.05, 3.63) is 34.0 Å². The van der Waals surface area contributed by atoms with Crippen LogP contribution in [0.4, 0.5) is 0 Å². The first-order valence-electron chi connectivity index (χ1n) is 6.10. The van der Waals surface area contributed by atoms with Crippen LogP contribution in [0, 0.1) is 5.92 Å². The standard InChI is InChI=1S/C14H25ClN2/c1-6-11(8-16)13(12(15)7-2)10(5)14(17)9(3)4/h7-9,14H,6,16-17H2,1-5H3/b11-8-,12-7?,13-10-. The summed E-state index contributed by atoms with van der Waals surface area (Å²) in [6.45, 7) is 10.2. The Kier molecular flexibility index (Phi) is 7.24. The highest BCUT2D eigenvalue weighted by molar-refractivity contribution is 6.32. The molecule has 17 heavy (non-hydrogen) atoms. The monoisotopic (exact) mass is 256 g/mol.